The fourth-order valence-corrected chi connectivity index (χ4v) is 1.56. The van der Waals surface area contributed by atoms with Crippen molar-refractivity contribution in [2.45, 2.75) is 0 Å². The summed E-state index contributed by atoms with van der Waals surface area (Å²) < 4.78 is 15.6. The van der Waals surface area contributed by atoms with Gasteiger partial charge in [-0.25, -0.2) is 0 Å². The van der Waals surface area contributed by atoms with Crippen LogP contribution < -0.4 is 9.47 Å². The highest BCUT2D eigenvalue weighted by Crippen LogP contribution is 2.23. The highest BCUT2D eigenvalue weighted by molar-refractivity contribution is 5.58. The normalized spacial score (nSPS) is 9.36. The molecule has 0 radical (unpaired) electrons. The summed E-state index contributed by atoms with van der Waals surface area (Å²) in [7, 11) is 0. The van der Waals surface area contributed by atoms with Gasteiger partial charge in [0, 0.05) is 0 Å². The van der Waals surface area contributed by atoms with Gasteiger partial charge in [-0.2, -0.15) is 0 Å². The zero-order valence-corrected chi connectivity index (χ0v) is 13.7. The molecule has 0 spiro atoms. The second-order valence-electron chi connectivity index (χ2n) is 4.40. The first kappa shape index (κ1) is 19.6. The van der Waals surface area contributed by atoms with Crippen LogP contribution >= 0.6 is 0 Å². The van der Waals surface area contributed by atoms with Crippen LogP contribution in [0.3, 0.4) is 0 Å². The molecule has 0 aliphatic carbocycles. The molecule has 0 aromatic heterocycles. The van der Waals surface area contributed by atoms with Crippen LogP contribution in [0.4, 0.5) is 0 Å². The second-order valence-corrected chi connectivity index (χ2v) is 4.40. The van der Waals surface area contributed by atoms with E-state index in [9.17, 15) is 0 Å². The van der Waals surface area contributed by atoms with Gasteiger partial charge < -0.3 is 19.4 Å². The molecule has 1 N–H and O–H groups in total. The zero-order valence-electron chi connectivity index (χ0n) is 13.7. The van der Waals surface area contributed by atoms with Gasteiger partial charge in [0.1, 0.15) is 37.1 Å². The maximum absolute atomic E-state index is 8.22. The first-order valence-electron chi connectivity index (χ1n) is 7.36. The Morgan fingerprint density at radius 1 is 0.880 bits per heavy atom. The molecule has 2 aromatic carbocycles. The third kappa shape index (κ3) is 9.35. The van der Waals surface area contributed by atoms with Crippen molar-refractivity contribution in [3.8, 4) is 41.9 Å². The van der Waals surface area contributed by atoms with Crippen LogP contribution in [-0.4, -0.2) is 31.2 Å². The predicted molar refractivity (Wildman–Crippen MR) is 97.2 cm³/mol. The lowest BCUT2D eigenvalue weighted by molar-refractivity contribution is 0.205. The SMILES string of the molecule is C#CCOCC#C.ON=CCOc1ccc(Oc2ccccc2)cc1. The Balaban J connectivity index is 0.000000381. The molecule has 5 nitrogen and oxygen atoms in total. The molecule has 0 atom stereocenters. The summed E-state index contributed by atoms with van der Waals surface area (Å²) in [6.07, 6.45) is 10.9. The van der Waals surface area contributed by atoms with E-state index in [0.717, 1.165) is 11.5 Å². The van der Waals surface area contributed by atoms with Gasteiger partial charge in [0.15, 0.2) is 0 Å². The Morgan fingerprint density at radius 2 is 1.44 bits per heavy atom. The minimum absolute atomic E-state index is 0.232. The van der Waals surface area contributed by atoms with Crippen molar-refractivity contribution in [3.05, 3.63) is 54.6 Å². The number of hydrogen-bond donors (Lipinski definition) is 1. The van der Waals surface area contributed by atoms with Crippen molar-refractivity contribution in [3.63, 3.8) is 0 Å². The lowest BCUT2D eigenvalue weighted by Crippen LogP contribution is -1.97. The fraction of sp³-hybridized carbons (Fsp3) is 0.150. The van der Waals surface area contributed by atoms with Crippen molar-refractivity contribution in [2.24, 2.45) is 5.16 Å². The monoisotopic (exact) mass is 337 g/mol. The van der Waals surface area contributed by atoms with E-state index >= 15 is 0 Å². The van der Waals surface area contributed by atoms with Crippen molar-refractivity contribution >= 4 is 6.21 Å². The minimum Gasteiger partial charge on any atom is -0.488 e. The molecule has 0 heterocycles. The van der Waals surface area contributed by atoms with Gasteiger partial charge in [-0.05, 0) is 36.4 Å². The first-order valence-corrected chi connectivity index (χ1v) is 7.36. The molecule has 0 aliphatic heterocycles. The molecular formula is C20H19NO4. The smallest absolute Gasteiger partial charge is 0.127 e. The van der Waals surface area contributed by atoms with Gasteiger partial charge in [0.05, 0.1) is 6.21 Å². The summed E-state index contributed by atoms with van der Waals surface area (Å²) in [5.74, 6) is 6.79. The molecule has 0 aliphatic rings. The second kappa shape index (κ2) is 13.1. The van der Waals surface area contributed by atoms with Crippen molar-refractivity contribution in [1.29, 1.82) is 0 Å². The molecule has 0 bridgehead atoms. The predicted octanol–water partition coefficient (Wildman–Crippen LogP) is 3.59. The summed E-state index contributed by atoms with van der Waals surface area (Å²) in [6, 6.07) is 16.8. The Hall–Kier alpha value is -3.41. The molecular weight excluding hydrogens is 318 g/mol. The molecule has 128 valence electrons. The van der Waals surface area contributed by atoms with E-state index in [4.69, 9.17) is 27.5 Å². The van der Waals surface area contributed by atoms with Gasteiger partial charge in [-0.1, -0.05) is 35.2 Å². The van der Waals surface area contributed by atoms with Gasteiger partial charge in [-0.3, -0.25) is 0 Å². The number of rotatable bonds is 7. The average molecular weight is 337 g/mol. The molecule has 0 unspecified atom stereocenters. The highest BCUT2D eigenvalue weighted by atomic mass is 16.5. The molecule has 0 amide bonds. The van der Waals surface area contributed by atoms with Gasteiger partial charge >= 0.3 is 0 Å². The van der Waals surface area contributed by atoms with Crippen molar-refractivity contribution in [1.82, 2.24) is 0 Å². The van der Waals surface area contributed by atoms with Crippen LogP contribution in [-0.2, 0) is 4.74 Å². The minimum atomic E-state index is 0.232. The van der Waals surface area contributed by atoms with E-state index in [-0.39, 0.29) is 6.61 Å². The fourth-order valence-electron chi connectivity index (χ4n) is 1.56. The van der Waals surface area contributed by atoms with Crippen LogP contribution in [0.5, 0.6) is 17.2 Å². The van der Waals surface area contributed by atoms with E-state index < -0.39 is 0 Å². The number of hydrogen-bond acceptors (Lipinski definition) is 5. The average Bonchev–Trinajstić information content (AvgIpc) is 2.65. The number of ether oxygens (including phenoxy) is 3. The number of oxime groups is 1. The van der Waals surface area contributed by atoms with Crippen LogP contribution in [0.25, 0.3) is 0 Å². The first-order chi connectivity index (χ1) is 12.3. The van der Waals surface area contributed by atoms with Crippen molar-refractivity contribution < 1.29 is 19.4 Å². The maximum atomic E-state index is 8.22. The van der Waals surface area contributed by atoms with Gasteiger partial charge in [-0.15, -0.1) is 12.8 Å². The quantitative estimate of drug-likeness (QED) is 0.276. The van der Waals surface area contributed by atoms with E-state index in [1.54, 1.807) is 12.1 Å². The molecule has 0 saturated heterocycles. The molecule has 0 fully saturated rings. The number of nitrogens with zero attached hydrogens (tertiary/aromatic N) is 1. The summed E-state index contributed by atoms with van der Waals surface area (Å²) in [5, 5.41) is 11.1. The summed E-state index contributed by atoms with van der Waals surface area (Å²) in [5.41, 5.74) is 0. The summed E-state index contributed by atoms with van der Waals surface area (Å²) >= 11 is 0. The Kier molecular flexibility index (Phi) is 10.3. The Morgan fingerprint density at radius 3 is 2.00 bits per heavy atom. The number of terminal acetylenes is 2. The Labute approximate surface area is 147 Å². The Bertz CT molecular complexity index is 683. The topological polar surface area (TPSA) is 60.3 Å². The third-order valence-corrected chi connectivity index (χ3v) is 2.58. The van der Waals surface area contributed by atoms with Crippen LogP contribution in [0.15, 0.2) is 59.8 Å². The standard InChI is InChI=1S/C14H13NO3.C6H6O/c16-15-10-11-17-12-6-8-14(9-7-12)18-13-4-2-1-3-5-13;1-3-5-7-6-4-2/h1-10,16H,11H2;1-2H,5-6H2. The van der Waals surface area contributed by atoms with E-state index in [1.165, 1.54) is 6.21 Å². The van der Waals surface area contributed by atoms with Gasteiger partial charge in [0.2, 0.25) is 0 Å². The maximum Gasteiger partial charge on any atom is 0.127 e. The van der Waals surface area contributed by atoms with Crippen LogP contribution in [0, 0.1) is 24.7 Å². The number of benzene rings is 2. The summed E-state index contributed by atoms with van der Waals surface area (Å²) in [4.78, 5) is 0. The molecule has 2 rings (SSSR count). The number of para-hydroxylation sites is 1. The van der Waals surface area contributed by atoms with Crippen molar-refractivity contribution in [2.75, 3.05) is 19.8 Å². The third-order valence-electron chi connectivity index (χ3n) is 2.58. The molecule has 2 aromatic rings. The van der Waals surface area contributed by atoms with Crippen LogP contribution in [0.1, 0.15) is 0 Å². The van der Waals surface area contributed by atoms with E-state index in [1.807, 2.05) is 42.5 Å². The largest absolute Gasteiger partial charge is 0.488 e. The summed E-state index contributed by atoms with van der Waals surface area (Å²) in [6.45, 7) is 0.851. The van der Waals surface area contributed by atoms with Gasteiger partial charge in [0.25, 0.3) is 0 Å². The highest BCUT2D eigenvalue weighted by Gasteiger charge is 1.97. The van der Waals surface area contributed by atoms with E-state index in [2.05, 4.69) is 21.7 Å². The molecule has 5 heteroatoms. The van der Waals surface area contributed by atoms with E-state index in [0.29, 0.717) is 19.0 Å². The molecule has 0 saturated carbocycles. The van der Waals surface area contributed by atoms with Crippen LogP contribution in [0.2, 0.25) is 0 Å². The lowest BCUT2D eigenvalue weighted by atomic mass is 10.3. The zero-order chi connectivity index (χ0) is 18.2. The molecule has 25 heavy (non-hydrogen) atoms. The lowest BCUT2D eigenvalue weighted by Gasteiger charge is -2.06.